The van der Waals surface area contributed by atoms with E-state index in [0.29, 0.717) is 12.1 Å². The Hall–Kier alpha value is -1.62. The number of pyridine rings is 1. The minimum atomic E-state index is 0.416. The van der Waals surface area contributed by atoms with Gasteiger partial charge in [-0.05, 0) is 25.8 Å². The highest BCUT2D eigenvalue weighted by Crippen LogP contribution is 2.27. The molecule has 2 aromatic heterocycles. The molecule has 2 aromatic rings. The van der Waals surface area contributed by atoms with Crippen LogP contribution >= 0.6 is 0 Å². The molecule has 1 aliphatic carbocycles. The molecule has 1 N–H and O–H groups in total. The van der Waals surface area contributed by atoms with Crippen molar-refractivity contribution in [3.8, 4) is 0 Å². The van der Waals surface area contributed by atoms with E-state index in [0.717, 1.165) is 35.3 Å². The lowest BCUT2D eigenvalue weighted by atomic mass is 9.89. The number of methoxy groups -OCH3 is 1. The van der Waals surface area contributed by atoms with Gasteiger partial charge in [0.05, 0.1) is 23.7 Å². The van der Waals surface area contributed by atoms with Gasteiger partial charge in [-0.1, -0.05) is 0 Å². The van der Waals surface area contributed by atoms with Crippen LogP contribution in [-0.2, 0) is 11.8 Å². The van der Waals surface area contributed by atoms with Crippen molar-refractivity contribution < 1.29 is 4.74 Å². The first-order valence-electron chi connectivity index (χ1n) is 6.26. The maximum absolute atomic E-state index is 5.28. The van der Waals surface area contributed by atoms with Gasteiger partial charge in [-0.3, -0.25) is 4.68 Å². The summed E-state index contributed by atoms with van der Waals surface area (Å²) < 4.78 is 7.10. The van der Waals surface area contributed by atoms with E-state index in [-0.39, 0.29) is 0 Å². The number of nitrogens with one attached hydrogen (secondary N) is 1. The Morgan fingerprint density at radius 2 is 2.22 bits per heavy atom. The number of hydrogen-bond acceptors (Lipinski definition) is 4. The van der Waals surface area contributed by atoms with Crippen LogP contribution < -0.4 is 5.32 Å². The molecule has 0 unspecified atom stereocenters. The van der Waals surface area contributed by atoms with E-state index >= 15 is 0 Å². The molecule has 96 valence electrons. The van der Waals surface area contributed by atoms with Crippen molar-refractivity contribution in [3.05, 3.63) is 18.0 Å². The Kier molecular flexibility index (Phi) is 2.70. The summed E-state index contributed by atoms with van der Waals surface area (Å²) in [5, 5.41) is 8.98. The molecule has 1 fully saturated rings. The van der Waals surface area contributed by atoms with E-state index in [9.17, 15) is 0 Å². The molecular formula is C13H18N4O. The van der Waals surface area contributed by atoms with Gasteiger partial charge in [-0.15, -0.1) is 0 Å². The molecule has 3 rings (SSSR count). The van der Waals surface area contributed by atoms with Crippen molar-refractivity contribution >= 4 is 16.7 Å². The quantitative estimate of drug-likeness (QED) is 0.898. The van der Waals surface area contributed by atoms with Gasteiger partial charge in [0.25, 0.3) is 0 Å². The standard InChI is InChI=1S/C13H18N4O/c1-8-12-6-10(7-14-13(12)17(2)16-8)15-9-4-11(5-9)18-3/h6-7,9,11,15H,4-5H2,1-3H3. The summed E-state index contributed by atoms with van der Waals surface area (Å²) in [6.45, 7) is 2.01. The van der Waals surface area contributed by atoms with E-state index in [1.54, 1.807) is 7.11 Å². The predicted octanol–water partition coefficient (Wildman–Crippen LogP) is 1.87. The predicted molar refractivity (Wildman–Crippen MR) is 70.7 cm³/mol. The third-order valence-corrected chi connectivity index (χ3v) is 3.66. The first-order valence-corrected chi connectivity index (χ1v) is 6.26. The number of fused-ring (bicyclic) bond motifs is 1. The molecule has 0 atom stereocenters. The number of aromatic nitrogens is 3. The lowest BCUT2D eigenvalue weighted by Gasteiger charge is -2.35. The van der Waals surface area contributed by atoms with Crippen LogP contribution in [0.3, 0.4) is 0 Å². The van der Waals surface area contributed by atoms with Gasteiger partial charge >= 0.3 is 0 Å². The molecule has 0 aromatic carbocycles. The Labute approximate surface area is 106 Å². The Morgan fingerprint density at radius 1 is 1.44 bits per heavy atom. The van der Waals surface area contributed by atoms with Gasteiger partial charge in [-0.25, -0.2) is 4.98 Å². The molecule has 5 nitrogen and oxygen atoms in total. The second kappa shape index (κ2) is 4.24. The summed E-state index contributed by atoms with van der Waals surface area (Å²) in [5.74, 6) is 0. The molecule has 18 heavy (non-hydrogen) atoms. The summed E-state index contributed by atoms with van der Waals surface area (Å²) >= 11 is 0. The molecule has 1 saturated carbocycles. The second-order valence-corrected chi connectivity index (χ2v) is 4.97. The topological polar surface area (TPSA) is 52.0 Å². The fourth-order valence-corrected chi connectivity index (χ4v) is 2.50. The Balaban J connectivity index is 1.79. The first kappa shape index (κ1) is 11.5. The van der Waals surface area contributed by atoms with E-state index in [2.05, 4.69) is 21.5 Å². The third-order valence-electron chi connectivity index (χ3n) is 3.66. The summed E-state index contributed by atoms with van der Waals surface area (Å²) in [7, 11) is 3.69. The molecule has 1 aliphatic rings. The van der Waals surface area contributed by atoms with Crippen LogP contribution in [0.5, 0.6) is 0 Å². The summed E-state index contributed by atoms with van der Waals surface area (Å²) in [5.41, 5.74) is 3.02. The molecule has 0 aliphatic heterocycles. The molecular weight excluding hydrogens is 228 g/mol. The van der Waals surface area contributed by atoms with Crippen LogP contribution in [0.1, 0.15) is 18.5 Å². The number of nitrogens with zero attached hydrogens (tertiary/aromatic N) is 3. The number of anilines is 1. The first-order chi connectivity index (χ1) is 8.67. The summed E-state index contributed by atoms with van der Waals surface area (Å²) in [6, 6.07) is 2.64. The third kappa shape index (κ3) is 1.84. The lowest BCUT2D eigenvalue weighted by Crippen LogP contribution is -2.40. The van der Waals surface area contributed by atoms with Gasteiger partial charge < -0.3 is 10.1 Å². The van der Waals surface area contributed by atoms with E-state index in [4.69, 9.17) is 4.74 Å². The van der Waals surface area contributed by atoms with Gasteiger partial charge in [0.15, 0.2) is 5.65 Å². The molecule has 0 bridgehead atoms. The fraction of sp³-hybridized carbons (Fsp3) is 0.538. The average molecular weight is 246 g/mol. The van der Waals surface area contributed by atoms with Crippen molar-refractivity contribution in [1.29, 1.82) is 0 Å². The molecule has 2 heterocycles. The van der Waals surface area contributed by atoms with Crippen LogP contribution in [0.15, 0.2) is 12.3 Å². The maximum atomic E-state index is 5.28. The van der Waals surface area contributed by atoms with Crippen LogP contribution in [-0.4, -0.2) is 34.0 Å². The lowest BCUT2D eigenvalue weighted by molar-refractivity contribution is 0.0329. The van der Waals surface area contributed by atoms with E-state index in [1.807, 2.05) is 24.9 Å². The number of aryl methyl sites for hydroxylation is 2. The maximum Gasteiger partial charge on any atom is 0.157 e. The zero-order valence-corrected chi connectivity index (χ0v) is 11.0. The SMILES string of the molecule is COC1CC(Nc2cnc3c(c2)c(C)nn3C)C1. The summed E-state index contributed by atoms with van der Waals surface area (Å²) in [6.07, 6.45) is 4.43. The number of ether oxygens (including phenoxy) is 1. The van der Waals surface area contributed by atoms with Crippen LogP contribution in [0.4, 0.5) is 5.69 Å². The molecule has 0 saturated heterocycles. The second-order valence-electron chi connectivity index (χ2n) is 4.97. The minimum Gasteiger partial charge on any atom is -0.381 e. The van der Waals surface area contributed by atoms with Gasteiger partial charge in [0, 0.05) is 25.6 Å². The molecule has 5 heteroatoms. The van der Waals surface area contributed by atoms with Crippen LogP contribution in [0.2, 0.25) is 0 Å². The zero-order valence-electron chi connectivity index (χ0n) is 11.0. The minimum absolute atomic E-state index is 0.416. The molecule has 0 amide bonds. The van der Waals surface area contributed by atoms with Crippen molar-refractivity contribution in [2.75, 3.05) is 12.4 Å². The highest BCUT2D eigenvalue weighted by atomic mass is 16.5. The van der Waals surface area contributed by atoms with Crippen molar-refractivity contribution in [3.63, 3.8) is 0 Å². The largest absolute Gasteiger partial charge is 0.381 e. The highest BCUT2D eigenvalue weighted by Gasteiger charge is 2.28. The van der Waals surface area contributed by atoms with Gasteiger partial charge in [0.1, 0.15) is 0 Å². The van der Waals surface area contributed by atoms with Crippen LogP contribution in [0, 0.1) is 6.92 Å². The average Bonchev–Trinajstić information content (AvgIpc) is 2.59. The monoisotopic (exact) mass is 246 g/mol. The highest BCUT2D eigenvalue weighted by molar-refractivity contribution is 5.81. The van der Waals surface area contributed by atoms with E-state index < -0.39 is 0 Å². The number of rotatable bonds is 3. The normalized spacial score (nSPS) is 23.1. The molecule has 0 spiro atoms. The van der Waals surface area contributed by atoms with Crippen molar-refractivity contribution in [1.82, 2.24) is 14.8 Å². The fourth-order valence-electron chi connectivity index (χ4n) is 2.50. The van der Waals surface area contributed by atoms with Crippen molar-refractivity contribution in [2.24, 2.45) is 7.05 Å². The van der Waals surface area contributed by atoms with E-state index in [1.165, 1.54) is 0 Å². The van der Waals surface area contributed by atoms with Gasteiger partial charge in [0.2, 0.25) is 0 Å². The Morgan fingerprint density at radius 3 is 2.94 bits per heavy atom. The van der Waals surface area contributed by atoms with Gasteiger partial charge in [-0.2, -0.15) is 5.10 Å². The number of hydrogen-bond donors (Lipinski definition) is 1. The summed E-state index contributed by atoms with van der Waals surface area (Å²) in [4.78, 5) is 4.46. The Bertz CT molecular complexity index is 572. The van der Waals surface area contributed by atoms with Crippen LogP contribution in [0.25, 0.3) is 11.0 Å². The van der Waals surface area contributed by atoms with Crippen molar-refractivity contribution in [2.45, 2.75) is 31.9 Å². The zero-order chi connectivity index (χ0) is 12.7. The molecule has 0 radical (unpaired) electrons. The smallest absolute Gasteiger partial charge is 0.157 e.